The molecule has 0 spiro atoms. The third-order valence-electron chi connectivity index (χ3n) is 8.13. The number of aliphatic hydroxyl groups is 1. The van der Waals surface area contributed by atoms with Gasteiger partial charge in [-0.3, -0.25) is 9.59 Å². The lowest BCUT2D eigenvalue weighted by atomic mass is 9.51. The minimum Gasteiger partial charge on any atom is -0.392 e. The predicted octanol–water partition coefficient (Wildman–Crippen LogP) is 2.90. The molecule has 0 unspecified atom stereocenters. The lowest BCUT2D eigenvalue weighted by molar-refractivity contribution is -0.149. The Morgan fingerprint density at radius 2 is 1.84 bits per heavy atom. The number of nitrogens with zero attached hydrogens (tertiary/aromatic N) is 3. The van der Waals surface area contributed by atoms with Crippen molar-refractivity contribution in [3.63, 3.8) is 0 Å². The fourth-order valence-electron chi connectivity index (χ4n) is 6.17. The van der Waals surface area contributed by atoms with Crippen LogP contribution in [0, 0.1) is 29.1 Å². The van der Waals surface area contributed by atoms with E-state index in [0.717, 1.165) is 25.7 Å². The van der Waals surface area contributed by atoms with Crippen molar-refractivity contribution in [1.82, 2.24) is 20.2 Å². The lowest BCUT2D eigenvalue weighted by Crippen LogP contribution is -2.58. The van der Waals surface area contributed by atoms with Gasteiger partial charge in [-0.2, -0.15) is 0 Å². The van der Waals surface area contributed by atoms with Crippen molar-refractivity contribution in [3.05, 3.63) is 24.3 Å². The Labute approximate surface area is 186 Å². The number of hydrogen-bond donors (Lipinski definition) is 2. The second kappa shape index (κ2) is 9.63. The quantitative estimate of drug-likeness (QED) is 0.724. The maximum Gasteiger partial charge on any atom is 0.254 e. The summed E-state index contributed by atoms with van der Waals surface area (Å²) in [5.41, 5.74) is 0.480. The van der Waals surface area contributed by atoms with E-state index >= 15 is 0 Å². The van der Waals surface area contributed by atoms with Crippen molar-refractivity contribution in [1.29, 1.82) is 0 Å². The molecule has 1 aromatic rings. The monoisotopic (exact) mass is 430 g/mol. The van der Waals surface area contributed by atoms with E-state index in [4.69, 9.17) is 0 Å². The molecule has 2 saturated carbocycles. The van der Waals surface area contributed by atoms with Gasteiger partial charge in [0.15, 0.2) is 0 Å². The highest BCUT2D eigenvalue weighted by molar-refractivity contribution is 5.93. The molecule has 1 aromatic heterocycles. The summed E-state index contributed by atoms with van der Waals surface area (Å²) < 4.78 is 0. The molecule has 2 aliphatic rings. The maximum atomic E-state index is 13.0. The van der Waals surface area contributed by atoms with Gasteiger partial charge in [0.25, 0.3) is 5.91 Å². The Balaban J connectivity index is 1.75. The molecule has 172 valence electrons. The summed E-state index contributed by atoms with van der Waals surface area (Å²) in [5, 5.41) is 14.7. The van der Waals surface area contributed by atoms with Crippen LogP contribution in [0.2, 0.25) is 0 Å². The van der Waals surface area contributed by atoms with Crippen LogP contribution in [0.5, 0.6) is 0 Å². The highest BCUT2D eigenvalue weighted by Gasteiger charge is 2.54. The molecule has 7 heteroatoms. The van der Waals surface area contributed by atoms with Gasteiger partial charge >= 0.3 is 0 Å². The van der Waals surface area contributed by atoms with E-state index in [1.54, 1.807) is 0 Å². The minimum atomic E-state index is -0.553. The largest absolute Gasteiger partial charge is 0.392 e. The number of rotatable bonds is 6. The SMILES string of the molecule is CCN(CC)C(=O)[C@@H](C)[C@H]1CC[C@@]2(C)CC[C@H](NC(=O)c3cncnc3)[C@@H](C)[C@@H]2[C@H]1O. The summed E-state index contributed by atoms with van der Waals surface area (Å²) in [7, 11) is 0. The third kappa shape index (κ3) is 4.61. The maximum absolute atomic E-state index is 13.0. The summed E-state index contributed by atoms with van der Waals surface area (Å²) in [6.07, 6.45) is 7.62. The Kier molecular flexibility index (Phi) is 7.35. The first-order valence-corrected chi connectivity index (χ1v) is 11.8. The Morgan fingerprint density at radius 3 is 2.45 bits per heavy atom. The molecule has 0 bridgehead atoms. The molecular formula is C24H38N4O3. The van der Waals surface area contributed by atoms with Crippen LogP contribution < -0.4 is 5.32 Å². The van der Waals surface area contributed by atoms with Gasteiger partial charge in [0.05, 0.1) is 11.7 Å². The highest BCUT2D eigenvalue weighted by Crippen LogP contribution is 2.55. The summed E-state index contributed by atoms with van der Waals surface area (Å²) in [5.74, 6) is -0.137. The zero-order chi connectivity index (χ0) is 22.8. The average molecular weight is 431 g/mol. The fraction of sp³-hybridized carbons (Fsp3) is 0.750. The van der Waals surface area contributed by atoms with Crippen molar-refractivity contribution in [2.45, 2.75) is 72.4 Å². The van der Waals surface area contributed by atoms with E-state index in [9.17, 15) is 14.7 Å². The van der Waals surface area contributed by atoms with Crippen LogP contribution in [0.25, 0.3) is 0 Å². The Hall–Kier alpha value is -2.02. The van der Waals surface area contributed by atoms with Gasteiger partial charge in [0.1, 0.15) is 6.33 Å². The number of carbonyl (C=O) groups is 2. The molecule has 7 nitrogen and oxygen atoms in total. The van der Waals surface area contributed by atoms with E-state index in [-0.39, 0.29) is 46.9 Å². The zero-order valence-electron chi connectivity index (χ0n) is 19.5. The second-order valence-corrected chi connectivity index (χ2v) is 9.78. The minimum absolute atomic E-state index is 0.0204. The zero-order valence-corrected chi connectivity index (χ0v) is 19.5. The first kappa shape index (κ1) is 23.6. The van der Waals surface area contributed by atoms with Crippen LogP contribution >= 0.6 is 0 Å². The molecule has 2 aliphatic carbocycles. The first-order valence-electron chi connectivity index (χ1n) is 11.8. The number of fused-ring (bicyclic) bond motifs is 1. The number of amides is 2. The number of aromatic nitrogens is 2. The first-order chi connectivity index (χ1) is 14.7. The molecule has 2 amide bonds. The van der Waals surface area contributed by atoms with Crippen LogP contribution in [0.4, 0.5) is 0 Å². The van der Waals surface area contributed by atoms with Gasteiger partial charge in [-0.15, -0.1) is 0 Å². The molecule has 1 heterocycles. The summed E-state index contributed by atoms with van der Waals surface area (Å²) in [4.78, 5) is 35.4. The van der Waals surface area contributed by atoms with Crippen molar-refractivity contribution < 1.29 is 14.7 Å². The van der Waals surface area contributed by atoms with Gasteiger partial charge in [0.2, 0.25) is 5.91 Å². The molecule has 0 aromatic carbocycles. The Morgan fingerprint density at radius 1 is 1.23 bits per heavy atom. The van der Waals surface area contributed by atoms with Gasteiger partial charge in [-0.05, 0) is 62.7 Å². The molecule has 0 aliphatic heterocycles. The highest BCUT2D eigenvalue weighted by atomic mass is 16.3. The van der Waals surface area contributed by atoms with Crippen molar-refractivity contribution >= 4 is 11.8 Å². The van der Waals surface area contributed by atoms with Gasteiger partial charge in [-0.1, -0.05) is 20.8 Å². The van der Waals surface area contributed by atoms with Crippen LogP contribution in [0.3, 0.4) is 0 Å². The molecule has 0 saturated heterocycles. The van der Waals surface area contributed by atoms with E-state index < -0.39 is 6.10 Å². The predicted molar refractivity (Wildman–Crippen MR) is 119 cm³/mol. The molecule has 7 atom stereocenters. The van der Waals surface area contributed by atoms with E-state index in [0.29, 0.717) is 18.7 Å². The van der Waals surface area contributed by atoms with Crippen LogP contribution in [0.1, 0.15) is 70.7 Å². The van der Waals surface area contributed by atoms with Crippen LogP contribution in [-0.4, -0.2) is 57.0 Å². The summed E-state index contributed by atoms with van der Waals surface area (Å²) >= 11 is 0. The average Bonchev–Trinajstić information content (AvgIpc) is 2.76. The second-order valence-electron chi connectivity index (χ2n) is 9.78. The van der Waals surface area contributed by atoms with Crippen molar-refractivity contribution in [2.24, 2.45) is 29.1 Å². The van der Waals surface area contributed by atoms with Crippen molar-refractivity contribution in [2.75, 3.05) is 13.1 Å². The molecule has 31 heavy (non-hydrogen) atoms. The van der Waals surface area contributed by atoms with Crippen LogP contribution in [0.15, 0.2) is 18.7 Å². The summed E-state index contributed by atoms with van der Waals surface area (Å²) in [6.45, 7) is 11.8. The Bertz CT molecular complexity index is 769. The smallest absolute Gasteiger partial charge is 0.254 e. The van der Waals surface area contributed by atoms with E-state index in [1.807, 2.05) is 25.7 Å². The van der Waals surface area contributed by atoms with E-state index in [1.165, 1.54) is 18.7 Å². The molecule has 2 N–H and O–H groups in total. The van der Waals surface area contributed by atoms with Gasteiger partial charge < -0.3 is 15.3 Å². The normalized spacial score (nSPS) is 33.8. The molecule has 0 radical (unpaired) electrons. The van der Waals surface area contributed by atoms with E-state index in [2.05, 4.69) is 29.1 Å². The standard InChI is InChI=1S/C24H38N4O3/c1-6-28(7-2)23(31)15(3)18-8-10-24(5)11-9-19(16(4)20(24)21(18)29)27-22(30)17-12-25-14-26-13-17/h12-16,18-21,29H,6-11H2,1-5H3,(H,27,30)/t15-,16+,18+,19-,20+,21-,24-/m0/s1. The lowest BCUT2D eigenvalue weighted by Gasteiger charge is -2.56. The third-order valence-corrected chi connectivity index (χ3v) is 8.13. The molecule has 3 rings (SSSR count). The van der Waals surface area contributed by atoms with Crippen molar-refractivity contribution in [3.8, 4) is 0 Å². The number of aliphatic hydroxyl groups excluding tert-OH is 1. The van der Waals surface area contributed by atoms with Gasteiger partial charge in [-0.25, -0.2) is 9.97 Å². The molecule has 2 fully saturated rings. The number of carbonyl (C=O) groups excluding carboxylic acids is 2. The summed E-state index contributed by atoms with van der Waals surface area (Å²) in [6, 6.07) is -0.0204. The topological polar surface area (TPSA) is 95.4 Å². The molecular weight excluding hydrogens is 392 g/mol. The van der Waals surface area contributed by atoms with Gasteiger partial charge in [0, 0.05) is 37.4 Å². The number of hydrogen-bond acceptors (Lipinski definition) is 5. The fourth-order valence-corrected chi connectivity index (χ4v) is 6.17. The van der Waals surface area contributed by atoms with Crippen LogP contribution in [-0.2, 0) is 4.79 Å². The number of nitrogens with one attached hydrogen (secondary N) is 1.